The number of aryl methyl sites for hydroxylation is 1. The average molecular weight is 228 g/mol. The number of nitrogens with zero attached hydrogens (tertiary/aromatic N) is 2. The van der Waals surface area contributed by atoms with Gasteiger partial charge in [-0.05, 0) is 19.4 Å². The molecular weight excluding hydrogens is 216 g/mol. The number of aliphatic hydroxyl groups excluding tert-OH is 1. The Morgan fingerprint density at radius 2 is 2.40 bits per heavy atom. The Bertz CT molecular complexity index is 357. The van der Waals surface area contributed by atoms with Crippen LogP contribution in [-0.4, -0.2) is 27.4 Å². The fourth-order valence-electron chi connectivity index (χ4n) is 1.03. The van der Waals surface area contributed by atoms with Gasteiger partial charge in [0, 0.05) is 17.9 Å². The first-order chi connectivity index (χ1) is 7.15. The Labute approximate surface area is 91.7 Å². The molecule has 0 aliphatic rings. The molecule has 0 aliphatic heterocycles. The summed E-state index contributed by atoms with van der Waals surface area (Å²) in [4.78, 5) is 14.1. The van der Waals surface area contributed by atoms with Crippen LogP contribution in [0.1, 0.15) is 12.0 Å². The highest BCUT2D eigenvalue weighted by Gasteiger charge is 2.11. The Morgan fingerprint density at radius 1 is 1.67 bits per heavy atom. The molecule has 0 fully saturated rings. The molecule has 1 heterocycles. The lowest BCUT2D eigenvalue weighted by Crippen LogP contribution is -1.94. The lowest BCUT2D eigenvalue weighted by molar-refractivity contribution is -0.385. The zero-order valence-corrected chi connectivity index (χ0v) is 9.16. The molecule has 1 N–H and O–H groups in total. The number of nitro groups is 1. The summed E-state index contributed by atoms with van der Waals surface area (Å²) in [6.07, 6.45) is 1.97. The van der Waals surface area contributed by atoms with E-state index in [-0.39, 0.29) is 12.3 Å². The van der Waals surface area contributed by atoms with Crippen LogP contribution < -0.4 is 0 Å². The van der Waals surface area contributed by atoms with Crippen LogP contribution in [0.15, 0.2) is 17.3 Å². The molecule has 1 aromatic rings. The number of thioether (sulfide) groups is 1. The van der Waals surface area contributed by atoms with Gasteiger partial charge in [0.1, 0.15) is 6.20 Å². The quantitative estimate of drug-likeness (QED) is 0.360. The standard InChI is InChI=1S/C9H12N2O3S/c1-7-5-9(15-4-2-3-12)10-6-8(7)11(13)14/h5-6,12H,2-4H2,1H3. The minimum Gasteiger partial charge on any atom is -0.396 e. The summed E-state index contributed by atoms with van der Waals surface area (Å²) in [5.74, 6) is 0.765. The first-order valence-electron chi connectivity index (χ1n) is 4.50. The highest BCUT2D eigenvalue weighted by atomic mass is 32.2. The van der Waals surface area contributed by atoms with Crippen molar-refractivity contribution in [1.82, 2.24) is 4.98 Å². The van der Waals surface area contributed by atoms with E-state index < -0.39 is 4.92 Å². The van der Waals surface area contributed by atoms with Crippen LogP contribution in [0.3, 0.4) is 0 Å². The van der Waals surface area contributed by atoms with E-state index in [4.69, 9.17) is 5.11 Å². The van der Waals surface area contributed by atoms with Gasteiger partial charge in [0.25, 0.3) is 5.69 Å². The summed E-state index contributed by atoms with van der Waals surface area (Å²) in [5, 5.41) is 19.9. The second kappa shape index (κ2) is 5.67. The smallest absolute Gasteiger partial charge is 0.290 e. The van der Waals surface area contributed by atoms with E-state index in [1.165, 1.54) is 18.0 Å². The van der Waals surface area contributed by atoms with E-state index in [1.54, 1.807) is 13.0 Å². The molecule has 0 aromatic carbocycles. The molecule has 1 rings (SSSR count). The van der Waals surface area contributed by atoms with Crippen LogP contribution in [0.4, 0.5) is 5.69 Å². The minimum absolute atomic E-state index is 0.0431. The van der Waals surface area contributed by atoms with Crippen molar-refractivity contribution in [3.63, 3.8) is 0 Å². The first kappa shape index (κ1) is 11.9. The Kier molecular flexibility index (Phi) is 4.51. The van der Waals surface area contributed by atoms with Gasteiger partial charge < -0.3 is 5.11 Å². The maximum absolute atomic E-state index is 10.5. The average Bonchev–Trinajstić information content (AvgIpc) is 2.17. The molecule has 0 saturated heterocycles. The van der Waals surface area contributed by atoms with Crippen LogP contribution in [-0.2, 0) is 0 Å². The molecule has 0 amide bonds. The Morgan fingerprint density at radius 3 is 2.93 bits per heavy atom. The van der Waals surface area contributed by atoms with Gasteiger partial charge in [-0.3, -0.25) is 10.1 Å². The molecule has 6 heteroatoms. The fourth-order valence-corrected chi connectivity index (χ4v) is 1.90. The summed E-state index contributed by atoms with van der Waals surface area (Å²) in [6.45, 7) is 1.84. The predicted octanol–water partition coefficient (Wildman–Crippen LogP) is 1.77. The molecular formula is C9H12N2O3S. The van der Waals surface area contributed by atoms with E-state index in [0.717, 1.165) is 10.8 Å². The summed E-state index contributed by atoms with van der Waals surface area (Å²) < 4.78 is 0. The lowest BCUT2D eigenvalue weighted by Gasteiger charge is -2.01. The van der Waals surface area contributed by atoms with Crippen molar-refractivity contribution < 1.29 is 10.0 Å². The van der Waals surface area contributed by atoms with Gasteiger partial charge in [0.05, 0.1) is 9.95 Å². The van der Waals surface area contributed by atoms with Gasteiger partial charge in [0.2, 0.25) is 0 Å². The highest BCUT2D eigenvalue weighted by Crippen LogP contribution is 2.22. The second-order valence-corrected chi connectivity index (χ2v) is 4.11. The number of pyridine rings is 1. The van der Waals surface area contributed by atoms with Crippen LogP contribution in [0.25, 0.3) is 0 Å². The van der Waals surface area contributed by atoms with Gasteiger partial charge in [-0.15, -0.1) is 11.8 Å². The van der Waals surface area contributed by atoms with Crippen LogP contribution >= 0.6 is 11.8 Å². The molecule has 0 bridgehead atoms. The van der Waals surface area contributed by atoms with Crippen molar-refractivity contribution in [2.75, 3.05) is 12.4 Å². The summed E-state index contributed by atoms with van der Waals surface area (Å²) in [5.41, 5.74) is 0.656. The van der Waals surface area contributed by atoms with E-state index >= 15 is 0 Å². The third kappa shape index (κ3) is 3.49. The first-order valence-corrected chi connectivity index (χ1v) is 5.48. The number of aliphatic hydroxyl groups is 1. The third-order valence-corrected chi connectivity index (χ3v) is 2.82. The molecule has 0 radical (unpaired) electrons. The second-order valence-electron chi connectivity index (χ2n) is 2.99. The van der Waals surface area contributed by atoms with E-state index in [1.807, 2.05) is 0 Å². The maximum atomic E-state index is 10.5. The number of hydrogen-bond donors (Lipinski definition) is 1. The zero-order valence-electron chi connectivity index (χ0n) is 8.34. The van der Waals surface area contributed by atoms with Gasteiger partial charge in [0.15, 0.2) is 0 Å². The third-order valence-electron chi connectivity index (χ3n) is 1.81. The van der Waals surface area contributed by atoms with Crippen LogP contribution in [0.2, 0.25) is 0 Å². The minimum atomic E-state index is -0.440. The zero-order chi connectivity index (χ0) is 11.3. The van der Waals surface area contributed by atoms with Gasteiger partial charge >= 0.3 is 0 Å². The predicted molar refractivity (Wildman–Crippen MR) is 58.1 cm³/mol. The number of rotatable bonds is 5. The molecule has 5 nitrogen and oxygen atoms in total. The van der Waals surface area contributed by atoms with E-state index in [2.05, 4.69) is 4.98 Å². The molecule has 0 atom stereocenters. The molecule has 0 unspecified atom stereocenters. The fraction of sp³-hybridized carbons (Fsp3) is 0.444. The molecule has 0 aliphatic carbocycles. The monoisotopic (exact) mass is 228 g/mol. The number of hydrogen-bond acceptors (Lipinski definition) is 5. The highest BCUT2D eigenvalue weighted by molar-refractivity contribution is 7.99. The van der Waals surface area contributed by atoms with Gasteiger partial charge in [-0.2, -0.15) is 0 Å². The number of aromatic nitrogens is 1. The maximum Gasteiger partial charge on any atom is 0.290 e. The van der Waals surface area contributed by atoms with Crippen molar-refractivity contribution >= 4 is 17.4 Å². The van der Waals surface area contributed by atoms with Crippen molar-refractivity contribution in [1.29, 1.82) is 0 Å². The van der Waals surface area contributed by atoms with Gasteiger partial charge in [-0.1, -0.05) is 0 Å². The van der Waals surface area contributed by atoms with Crippen molar-refractivity contribution in [2.24, 2.45) is 0 Å². The van der Waals surface area contributed by atoms with Gasteiger partial charge in [-0.25, -0.2) is 4.98 Å². The van der Waals surface area contributed by atoms with Crippen molar-refractivity contribution in [3.8, 4) is 0 Å². The molecule has 0 saturated carbocycles. The Hall–Kier alpha value is -1.14. The summed E-state index contributed by atoms with van der Waals surface area (Å²) in [7, 11) is 0. The van der Waals surface area contributed by atoms with Crippen LogP contribution in [0, 0.1) is 17.0 Å². The molecule has 15 heavy (non-hydrogen) atoms. The SMILES string of the molecule is Cc1cc(SCCCO)ncc1[N+](=O)[O-]. The normalized spacial score (nSPS) is 10.3. The Balaban J connectivity index is 2.69. The molecule has 0 spiro atoms. The van der Waals surface area contributed by atoms with E-state index in [0.29, 0.717) is 12.0 Å². The largest absolute Gasteiger partial charge is 0.396 e. The molecule has 1 aromatic heterocycles. The van der Waals surface area contributed by atoms with Crippen molar-refractivity contribution in [2.45, 2.75) is 18.4 Å². The van der Waals surface area contributed by atoms with E-state index in [9.17, 15) is 10.1 Å². The summed E-state index contributed by atoms with van der Waals surface area (Å²) >= 11 is 1.49. The topological polar surface area (TPSA) is 76.3 Å². The summed E-state index contributed by atoms with van der Waals surface area (Å²) in [6, 6.07) is 1.69. The lowest BCUT2D eigenvalue weighted by atomic mass is 10.3. The van der Waals surface area contributed by atoms with Crippen molar-refractivity contribution in [3.05, 3.63) is 27.9 Å². The molecule has 82 valence electrons. The van der Waals surface area contributed by atoms with Crippen LogP contribution in [0.5, 0.6) is 0 Å².